The molecule has 0 aromatic carbocycles. The van der Waals surface area contributed by atoms with Gasteiger partial charge in [0.2, 0.25) is 0 Å². The summed E-state index contributed by atoms with van der Waals surface area (Å²) in [6, 6.07) is 0. The summed E-state index contributed by atoms with van der Waals surface area (Å²) in [7, 11) is 1.66. The van der Waals surface area contributed by atoms with Crippen LogP contribution in [0, 0.1) is 46.8 Å². The molecule has 51 heavy (non-hydrogen) atoms. The number of carbonyl (C=O) groups is 1. The van der Waals surface area contributed by atoms with Crippen molar-refractivity contribution in [2.75, 3.05) is 40.1 Å². The van der Waals surface area contributed by atoms with Crippen molar-refractivity contribution < 1.29 is 24.1 Å². The number of unbranched alkanes of at least 4 members (excludes halogenated alkanes) is 2. The molecular weight excluding hydrogens is 633 g/mol. The van der Waals surface area contributed by atoms with Crippen molar-refractivity contribution in [2.45, 2.75) is 149 Å². The molecule has 0 heterocycles. The Balaban J connectivity index is 1.19. The van der Waals surface area contributed by atoms with Gasteiger partial charge in [-0.25, -0.2) is 4.79 Å². The molecule has 0 saturated heterocycles. The molecule has 0 spiro atoms. The first-order valence-corrected chi connectivity index (χ1v) is 21.3. The molecule has 0 aliphatic heterocycles. The number of esters is 1. The zero-order chi connectivity index (χ0) is 36.6. The van der Waals surface area contributed by atoms with Crippen LogP contribution >= 0.6 is 0 Å². The molecule has 0 amide bonds. The molecule has 3 saturated carbocycles. The van der Waals surface area contributed by atoms with Crippen LogP contribution in [-0.4, -0.2) is 51.2 Å². The summed E-state index contributed by atoms with van der Waals surface area (Å²) in [4.78, 5) is 12.2. The van der Waals surface area contributed by atoms with Gasteiger partial charge in [0.1, 0.15) is 0 Å². The van der Waals surface area contributed by atoms with Crippen molar-refractivity contribution in [2.24, 2.45) is 46.8 Å². The zero-order valence-corrected chi connectivity index (χ0v) is 33.4. The lowest BCUT2D eigenvalue weighted by atomic mass is 9.58. The highest BCUT2D eigenvalue weighted by atomic mass is 16.5. The SMILES string of the molecule is C=C(COC)COCC(CCC1CCC(C2CCC(C3(C)CC=C(C4CCC(CCCCC)CC4)C=C3CC)CC2)CC1)COC(=O)C(=C)CO. The first-order chi connectivity index (χ1) is 24.7. The highest BCUT2D eigenvalue weighted by Gasteiger charge is 2.41. The lowest BCUT2D eigenvalue weighted by Crippen LogP contribution is -2.36. The summed E-state index contributed by atoms with van der Waals surface area (Å²) in [5.41, 5.74) is 4.80. The maximum atomic E-state index is 12.2. The molecule has 5 nitrogen and oxygen atoms in total. The van der Waals surface area contributed by atoms with E-state index in [2.05, 4.69) is 46.1 Å². The molecule has 4 aliphatic carbocycles. The minimum absolute atomic E-state index is 0.0947. The van der Waals surface area contributed by atoms with Crippen LogP contribution < -0.4 is 0 Å². The number of hydrogen-bond acceptors (Lipinski definition) is 5. The van der Waals surface area contributed by atoms with Gasteiger partial charge in [0, 0.05) is 13.0 Å². The molecule has 1 N–H and O–H groups in total. The Morgan fingerprint density at radius 2 is 1.53 bits per heavy atom. The van der Waals surface area contributed by atoms with E-state index >= 15 is 0 Å². The fourth-order valence-corrected chi connectivity index (χ4v) is 10.4. The van der Waals surface area contributed by atoms with Crippen molar-refractivity contribution in [3.63, 3.8) is 0 Å². The molecule has 4 aliphatic rings. The Bertz CT molecular complexity index is 1130. The molecule has 0 radical (unpaired) electrons. The third-order valence-corrected chi connectivity index (χ3v) is 13.9. The summed E-state index contributed by atoms with van der Waals surface area (Å²) in [6.45, 7) is 16.3. The van der Waals surface area contributed by atoms with E-state index in [1.54, 1.807) is 18.3 Å². The second-order valence-electron chi connectivity index (χ2n) is 17.5. The molecular formula is C46H76O5. The van der Waals surface area contributed by atoms with Crippen molar-refractivity contribution in [3.05, 3.63) is 47.6 Å². The number of aliphatic hydroxyl groups is 1. The number of carbonyl (C=O) groups excluding carboxylic acids is 1. The van der Waals surface area contributed by atoms with E-state index in [1.807, 2.05) is 0 Å². The molecule has 5 heteroatoms. The van der Waals surface area contributed by atoms with E-state index in [0.29, 0.717) is 31.8 Å². The maximum absolute atomic E-state index is 12.2. The maximum Gasteiger partial charge on any atom is 0.335 e. The van der Waals surface area contributed by atoms with Gasteiger partial charge in [-0.1, -0.05) is 90.2 Å². The Kier molecular flexibility index (Phi) is 18.0. The van der Waals surface area contributed by atoms with Gasteiger partial charge in [0.05, 0.1) is 38.6 Å². The lowest BCUT2D eigenvalue weighted by molar-refractivity contribution is -0.141. The molecule has 290 valence electrons. The Labute approximate surface area is 313 Å². The largest absolute Gasteiger partial charge is 0.462 e. The van der Waals surface area contributed by atoms with E-state index in [4.69, 9.17) is 14.2 Å². The Morgan fingerprint density at radius 3 is 2.16 bits per heavy atom. The summed E-state index contributed by atoms with van der Waals surface area (Å²) in [5, 5.41) is 9.24. The van der Waals surface area contributed by atoms with Crippen LogP contribution in [0.3, 0.4) is 0 Å². The van der Waals surface area contributed by atoms with Crippen LogP contribution in [0.2, 0.25) is 0 Å². The summed E-state index contributed by atoms with van der Waals surface area (Å²) in [6.07, 6.45) is 32.4. The molecule has 0 aromatic heterocycles. The smallest absolute Gasteiger partial charge is 0.335 e. The highest BCUT2D eigenvalue weighted by molar-refractivity contribution is 5.87. The topological polar surface area (TPSA) is 65.0 Å². The average molecular weight is 709 g/mol. The molecule has 2 unspecified atom stereocenters. The quantitative estimate of drug-likeness (QED) is 0.0556. The normalized spacial score (nSPS) is 30.6. The summed E-state index contributed by atoms with van der Waals surface area (Å²) < 4.78 is 16.6. The third-order valence-electron chi connectivity index (χ3n) is 13.9. The number of hydrogen-bond donors (Lipinski definition) is 1. The second kappa shape index (κ2) is 21.9. The third kappa shape index (κ3) is 12.7. The van der Waals surface area contributed by atoms with Gasteiger partial charge >= 0.3 is 5.97 Å². The van der Waals surface area contributed by atoms with Gasteiger partial charge < -0.3 is 19.3 Å². The zero-order valence-electron chi connectivity index (χ0n) is 33.4. The fraction of sp³-hybridized carbons (Fsp3) is 0.804. The van der Waals surface area contributed by atoms with E-state index in [0.717, 1.165) is 53.9 Å². The van der Waals surface area contributed by atoms with Crippen molar-refractivity contribution in [1.29, 1.82) is 0 Å². The van der Waals surface area contributed by atoms with Crippen molar-refractivity contribution in [1.82, 2.24) is 0 Å². The molecule has 2 atom stereocenters. The molecule has 4 rings (SSSR count). The lowest BCUT2D eigenvalue weighted by Gasteiger charge is -2.47. The first kappa shape index (κ1) is 42.1. The highest BCUT2D eigenvalue weighted by Crippen LogP contribution is 2.53. The number of ether oxygens (including phenoxy) is 3. The number of rotatable bonds is 21. The van der Waals surface area contributed by atoms with Crippen molar-refractivity contribution >= 4 is 5.97 Å². The van der Waals surface area contributed by atoms with Crippen LogP contribution in [0.1, 0.15) is 149 Å². The van der Waals surface area contributed by atoms with Gasteiger partial charge in [-0.15, -0.1) is 0 Å². The van der Waals surface area contributed by atoms with Crippen LogP contribution in [-0.2, 0) is 19.0 Å². The van der Waals surface area contributed by atoms with Gasteiger partial charge in [0.15, 0.2) is 0 Å². The van der Waals surface area contributed by atoms with Crippen LogP contribution in [0.15, 0.2) is 47.6 Å². The minimum Gasteiger partial charge on any atom is -0.462 e. The van der Waals surface area contributed by atoms with E-state index in [1.165, 1.54) is 116 Å². The van der Waals surface area contributed by atoms with Gasteiger partial charge in [-0.3, -0.25) is 0 Å². The van der Waals surface area contributed by atoms with E-state index in [9.17, 15) is 9.90 Å². The predicted octanol–water partition coefficient (Wildman–Crippen LogP) is 11.4. The number of aliphatic hydroxyl groups excluding tert-OH is 1. The number of methoxy groups -OCH3 is 1. The monoisotopic (exact) mass is 709 g/mol. The second-order valence-corrected chi connectivity index (χ2v) is 17.5. The van der Waals surface area contributed by atoms with E-state index < -0.39 is 5.97 Å². The minimum atomic E-state index is -0.521. The van der Waals surface area contributed by atoms with Gasteiger partial charge in [-0.2, -0.15) is 0 Å². The van der Waals surface area contributed by atoms with Crippen LogP contribution in [0.4, 0.5) is 0 Å². The van der Waals surface area contributed by atoms with Crippen LogP contribution in [0.25, 0.3) is 0 Å². The molecule has 0 bridgehead atoms. The predicted molar refractivity (Wildman–Crippen MR) is 211 cm³/mol. The average Bonchev–Trinajstić information content (AvgIpc) is 3.16. The number of allylic oxidation sites excluding steroid dienone is 4. The fourth-order valence-electron chi connectivity index (χ4n) is 10.4. The molecule has 3 fully saturated rings. The van der Waals surface area contributed by atoms with E-state index in [-0.39, 0.29) is 18.1 Å². The molecule has 0 aromatic rings. The van der Waals surface area contributed by atoms with Gasteiger partial charge in [0.25, 0.3) is 0 Å². The Hall–Kier alpha value is -1.69. The summed E-state index contributed by atoms with van der Waals surface area (Å²) in [5.74, 6) is 4.76. The standard InChI is InChI=1S/C46H76O5/c1-7-9-10-11-36-14-20-41(21-15-36)42-26-27-46(5,43(8-2)28-42)44-24-22-40(23-25-44)39-18-16-37(17-19-39)12-13-38(32-50-31-34(3)30-49-6)33-51-45(48)35(4)29-47/h26,28,36-41,44,47H,3-4,7-25,27,29-33H2,1-2,5-6H3. The van der Waals surface area contributed by atoms with Crippen LogP contribution in [0.5, 0.6) is 0 Å². The summed E-state index contributed by atoms with van der Waals surface area (Å²) >= 11 is 0. The first-order valence-electron chi connectivity index (χ1n) is 21.3. The van der Waals surface area contributed by atoms with Gasteiger partial charge in [-0.05, 0) is 142 Å². The Morgan fingerprint density at radius 1 is 0.882 bits per heavy atom. The van der Waals surface area contributed by atoms with Crippen molar-refractivity contribution in [3.8, 4) is 0 Å².